The summed E-state index contributed by atoms with van der Waals surface area (Å²) in [6.07, 6.45) is 0. The Balaban J connectivity index is 2.38. The second-order valence-corrected chi connectivity index (χ2v) is 6.29. The molecule has 0 saturated carbocycles. The van der Waals surface area contributed by atoms with Crippen LogP contribution in [0.2, 0.25) is 5.02 Å². The number of rotatable bonds is 3. The lowest BCUT2D eigenvalue weighted by Crippen LogP contribution is -2.14. The molecule has 0 aliphatic carbocycles. The van der Waals surface area contributed by atoms with Crippen LogP contribution in [0.5, 0.6) is 5.75 Å². The van der Waals surface area contributed by atoms with E-state index >= 15 is 0 Å². The molecule has 0 heterocycles. The molecular formula is C13H11ClFNO3S. The van der Waals surface area contributed by atoms with E-state index in [1.165, 1.54) is 12.1 Å². The Morgan fingerprint density at radius 3 is 2.40 bits per heavy atom. The maximum atomic E-state index is 13.6. The summed E-state index contributed by atoms with van der Waals surface area (Å²) in [7, 11) is -3.91. The molecule has 0 fully saturated rings. The molecule has 0 bridgehead atoms. The predicted molar refractivity (Wildman–Crippen MR) is 75.1 cm³/mol. The fourth-order valence-corrected chi connectivity index (χ4v) is 2.76. The average Bonchev–Trinajstić information content (AvgIpc) is 2.36. The highest BCUT2D eigenvalue weighted by Crippen LogP contribution is 2.30. The van der Waals surface area contributed by atoms with Gasteiger partial charge in [-0.2, -0.15) is 0 Å². The third-order valence-electron chi connectivity index (χ3n) is 2.61. The summed E-state index contributed by atoms with van der Waals surface area (Å²) in [4.78, 5) is 0.00620. The van der Waals surface area contributed by atoms with Crippen LogP contribution in [0.4, 0.5) is 10.1 Å². The van der Waals surface area contributed by atoms with Gasteiger partial charge in [-0.15, -0.1) is 0 Å². The van der Waals surface area contributed by atoms with Gasteiger partial charge in [-0.3, -0.25) is 4.72 Å². The van der Waals surface area contributed by atoms with E-state index in [0.29, 0.717) is 0 Å². The number of benzene rings is 2. The van der Waals surface area contributed by atoms with Gasteiger partial charge in [0.1, 0.15) is 5.75 Å². The van der Waals surface area contributed by atoms with E-state index in [1.54, 1.807) is 12.1 Å². The van der Waals surface area contributed by atoms with Gasteiger partial charge in [0.2, 0.25) is 0 Å². The van der Waals surface area contributed by atoms with Gasteiger partial charge in [-0.1, -0.05) is 29.3 Å². The van der Waals surface area contributed by atoms with Gasteiger partial charge < -0.3 is 5.11 Å². The number of nitrogens with one attached hydrogen (secondary N) is 1. The smallest absolute Gasteiger partial charge is 0.261 e. The molecule has 0 atom stereocenters. The van der Waals surface area contributed by atoms with Crippen LogP contribution in [-0.2, 0) is 10.0 Å². The van der Waals surface area contributed by atoms with Crippen LogP contribution in [0.1, 0.15) is 5.56 Å². The normalized spacial score (nSPS) is 11.3. The number of phenolic OH excluding ortho intramolecular Hbond substituents is 1. The Labute approximate surface area is 120 Å². The van der Waals surface area contributed by atoms with E-state index < -0.39 is 21.6 Å². The number of aryl methyl sites for hydroxylation is 1. The van der Waals surface area contributed by atoms with Crippen LogP contribution in [-0.4, -0.2) is 13.5 Å². The molecule has 2 rings (SSSR count). The van der Waals surface area contributed by atoms with Crippen molar-refractivity contribution in [1.29, 1.82) is 0 Å². The molecule has 0 aromatic heterocycles. The van der Waals surface area contributed by atoms with E-state index in [1.807, 2.05) is 6.92 Å². The molecule has 2 aromatic rings. The largest absolute Gasteiger partial charge is 0.506 e. The van der Waals surface area contributed by atoms with Crippen LogP contribution in [0.15, 0.2) is 41.3 Å². The Hall–Kier alpha value is -1.79. The summed E-state index contributed by atoms with van der Waals surface area (Å²) in [5.74, 6) is -1.37. The molecule has 0 aliphatic heterocycles. The fraction of sp³-hybridized carbons (Fsp3) is 0.0769. The van der Waals surface area contributed by atoms with Crippen LogP contribution < -0.4 is 4.72 Å². The highest BCUT2D eigenvalue weighted by atomic mass is 35.5. The zero-order valence-corrected chi connectivity index (χ0v) is 12.0. The number of phenols is 1. The second-order valence-electron chi connectivity index (χ2n) is 4.20. The molecule has 0 radical (unpaired) electrons. The lowest BCUT2D eigenvalue weighted by molar-refractivity contribution is 0.470. The van der Waals surface area contributed by atoms with Crippen molar-refractivity contribution in [3.05, 3.63) is 52.8 Å². The van der Waals surface area contributed by atoms with E-state index in [4.69, 9.17) is 11.6 Å². The minimum absolute atomic E-state index is 0.00620. The summed E-state index contributed by atoms with van der Waals surface area (Å²) >= 11 is 5.63. The van der Waals surface area contributed by atoms with E-state index in [9.17, 15) is 17.9 Å². The van der Waals surface area contributed by atoms with Gasteiger partial charge in [-0.25, -0.2) is 12.8 Å². The number of halogens is 2. The zero-order chi connectivity index (χ0) is 14.9. The standard InChI is InChI=1S/C13H11ClFNO3S/c1-8-2-4-9(5-3-8)20(18,19)16-12-6-10(14)13(17)7-11(12)15/h2-7,16-17H,1H3. The van der Waals surface area contributed by atoms with Gasteiger partial charge in [0.25, 0.3) is 10.0 Å². The lowest BCUT2D eigenvalue weighted by atomic mass is 10.2. The first kappa shape index (κ1) is 14.6. The summed E-state index contributed by atoms with van der Waals surface area (Å²) < 4.78 is 39.8. The Bertz CT molecular complexity index is 745. The Morgan fingerprint density at radius 2 is 1.80 bits per heavy atom. The van der Waals surface area contributed by atoms with Crippen LogP contribution >= 0.6 is 11.6 Å². The molecule has 0 saturated heterocycles. The molecule has 0 unspecified atom stereocenters. The molecule has 0 aliphatic rings. The first-order valence-electron chi connectivity index (χ1n) is 5.57. The van der Waals surface area contributed by atoms with Crippen LogP contribution in [0.3, 0.4) is 0 Å². The molecular weight excluding hydrogens is 305 g/mol. The van der Waals surface area contributed by atoms with Crippen molar-refractivity contribution in [2.45, 2.75) is 11.8 Å². The minimum atomic E-state index is -3.91. The van der Waals surface area contributed by atoms with Crippen LogP contribution in [0, 0.1) is 12.7 Å². The second kappa shape index (κ2) is 5.30. The molecule has 2 N–H and O–H groups in total. The number of hydrogen-bond donors (Lipinski definition) is 2. The fourth-order valence-electron chi connectivity index (χ4n) is 1.54. The van der Waals surface area contributed by atoms with Gasteiger partial charge in [0.15, 0.2) is 5.82 Å². The van der Waals surface area contributed by atoms with Crippen LogP contribution in [0.25, 0.3) is 0 Å². The molecule has 20 heavy (non-hydrogen) atoms. The minimum Gasteiger partial charge on any atom is -0.506 e. The SMILES string of the molecule is Cc1ccc(S(=O)(=O)Nc2cc(Cl)c(O)cc2F)cc1. The van der Waals surface area contributed by atoms with Crippen molar-refractivity contribution in [2.75, 3.05) is 4.72 Å². The third-order valence-corrected chi connectivity index (χ3v) is 4.30. The maximum Gasteiger partial charge on any atom is 0.261 e. The number of aromatic hydroxyl groups is 1. The first-order chi connectivity index (χ1) is 9.29. The van der Waals surface area contributed by atoms with E-state index in [-0.39, 0.29) is 15.6 Å². The molecule has 0 spiro atoms. The predicted octanol–water partition coefficient (Wildman–Crippen LogP) is 3.29. The highest BCUT2D eigenvalue weighted by molar-refractivity contribution is 7.92. The summed E-state index contributed by atoms with van der Waals surface area (Å²) in [5.41, 5.74) is 0.580. The van der Waals surface area contributed by atoms with Crippen molar-refractivity contribution in [1.82, 2.24) is 0 Å². The van der Waals surface area contributed by atoms with E-state index in [2.05, 4.69) is 4.72 Å². The van der Waals surface area contributed by atoms with Crippen molar-refractivity contribution in [3.63, 3.8) is 0 Å². The molecule has 7 heteroatoms. The number of hydrogen-bond acceptors (Lipinski definition) is 3. The monoisotopic (exact) mass is 315 g/mol. The van der Waals surface area contributed by atoms with Gasteiger partial charge in [-0.05, 0) is 25.1 Å². The summed E-state index contributed by atoms with van der Waals surface area (Å²) in [6.45, 7) is 1.82. The van der Waals surface area contributed by atoms with Gasteiger partial charge >= 0.3 is 0 Å². The first-order valence-corrected chi connectivity index (χ1v) is 7.43. The average molecular weight is 316 g/mol. The summed E-state index contributed by atoms with van der Waals surface area (Å²) in [5, 5.41) is 9.08. The third kappa shape index (κ3) is 3.02. The highest BCUT2D eigenvalue weighted by Gasteiger charge is 2.17. The van der Waals surface area contributed by atoms with Gasteiger partial charge in [0.05, 0.1) is 15.6 Å². The van der Waals surface area contributed by atoms with E-state index in [0.717, 1.165) is 17.7 Å². The van der Waals surface area contributed by atoms with Gasteiger partial charge in [0, 0.05) is 6.07 Å². The van der Waals surface area contributed by atoms with Crippen molar-refractivity contribution < 1.29 is 17.9 Å². The molecule has 4 nitrogen and oxygen atoms in total. The number of sulfonamides is 1. The van der Waals surface area contributed by atoms with Crippen molar-refractivity contribution >= 4 is 27.3 Å². The summed E-state index contributed by atoms with van der Waals surface area (Å²) in [6, 6.07) is 7.85. The van der Waals surface area contributed by atoms with Crippen molar-refractivity contribution in [3.8, 4) is 5.75 Å². The Morgan fingerprint density at radius 1 is 1.20 bits per heavy atom. The lowest BCUT2D eigenvalue weighted by Gasteiger charge is -2.10. The molecule has 0 amide bonds. The Kier molecular flexibility index (Phi) is 3.87. The number of anilines is 1. The molecule has 106 valence electrons. The zero-order valence-electron chi connectivity index (χ0n) is 10.4. The quantitative estimate of drug-likeness (QED) is 0.854. The van der Waals surface area contributed by atoms with Crippen molar-refractivity contribution in [2.24, 2.45) is 0 Å². The molecule has 2 aromatic carbocycles. The maximum absolute atomic E-state index is 13.6. The topological polar surface area (TPSA) is 66.4 Å².